The Morgan fingerprint density at radius 3 is 2.35 bits per heavy atom. The molecule has 0 saturated carbocycles. The Kier molecular flexibility index (Phi) is 8.14. The van der Waals surface area contributed by atoms with Crippen LogP contribution in [0.4, 0.5) is 8.78 Å². The van der Waals surface area contributed by atoms with Crippen molar-refractivity contribution in [1.82, 2.24) is 25.7 Å². The third kappa shape index (κ3) is 5.24. The number of likely N-dealkylation sites (N-methyl/N-ethyl adjacent to an activating group) is 1. The molecular formula is C16H20ClF2N5O2. The largest absolute Gasteiger partial charge is 0.353 e. The van der Waals surface area contributed by atoms with Gasteiger partial charge >= 0.3 is 0 Å². The first-order valence-corrected chi connectivity index (χ1v) is 7.59. The molecule has 26 heavy (non-hydrogen) atoms. The van der Waals surface area contributed by atoms with E-state index in [2.05, 4.69) is 21.0 Å². The van der Waals surface area contributed by atoms with Crippen LogP contribution in [0.15, 0.2) is 30.6 Å². The number of hydrogen-bond acceptors (Lipinski definition) is 4. The summed E-state index contributed by atoms with van der Waals surface area (Å²) in [6.07, 6.45) is 3.28. The number of hydrogen-bond donors (Lipinski definition) is 3. The lowest BCUT2D eigenvalue weighted by Gasteiger charge is -2.15. The molecule has 142 valence electrons. The van der Waals surface area contributed by atoms with Gasteiger partial charge in [-0.05, 0) is 19.2 Å². The van der Waals surface area contributed by atoms with Crippen LogP contribution in [0, 0.1) is 11.6 Å². The van der Waals surface area contributed by atoms with Crippen molar-refractivity contribution < 1.29 is 18.4 Å². The number of nitrogens with zero attached hydrogens (tertiary/aromatic N) is 2. The second kappa shape index (κ2) is 9.83. The van der Waals surface area contributed by atoms with Crippen molar-refractivity contribution >= 4 is 24.2 Å². The van der Waals surface area contributed by atoms with Crippen molar-refractivity contribution in [1.29, 1.82) is 0 Å². The highest BCUT2D eigenvalue weighted by Gasteiger charge is 2.20. The molecule has 2 aromatic rings. The summed E-state index contributed by atoms with van der Waals surface area (Å²) in [5, 5.41) is 11.9. The van der Waals surface area contributed by atoms with Crippen LogP contribution < -0.4 is 16.0 Å². The summed E-state index contributed by atoms with van der Waals surface area (Å²) < 4.78 is 28.6. The van der Waals surface area contributed by atoms with Crippen molar-refractivity contribution in [2.24, 2.45) is 7.05 Å². The van der Waals surface area contributed by atoms with Crippen LogP contribution in [0.5, 0.6) is 0 Å². The highest BCUT2D eigenvalue weighted by molar-refractivity contribution is 5.94. The van der Waals surface area contributed by atoms with Gasteiger partial charge in [0.25, 0.3) is 5.91 Å². The van der Waals surface area contributed by atoms with E-state index in [9.17, 15) is 18.4 Å². The Balaban J connectivity index is 0.00000338. The van der Waals surface area contributed by atoms with Crippen LogP contribution >= 0.6 is 12.4 Å². The Morgan fingerprint density at radius 1 is 1.19 bits per heavy atom. The summed E-state index contributed by atoms with van der Waals surface area (Å²) in [4.78, 5) is 24.0. The van der Waals surface area contributed by atoms with Crippen LogP contribution in [-0.4, -0.2) is 41.7 Å². The fraction of sp³-hybridized carbons (Fsp3) is 0.312. The van der Waals surface area contributed by atoms with Gasteiger partial charge in [0.1, 0.15) is 23.2 Å². The molecule has 0 aliphatic heterocycles. The Labute approximate surface area is 155 Å². The van der Waals surface area contributed by atoms with E-state index in [4.69, 9.17) is 0 Å². The van der Waals surface area contributed by atoms with Crippen molar-refractivity contribution in [3.05, 3.63) is 53.4 Å². The molecular weight excluding hydrogens is 368 g/mol. The van der Waals surface area contributed by atoms with Crippen molar-refractivity contribution in [2.45, 2.75) is 6.04 Å². The number of amides is 2. The number of rotatable bonds is 7. The van der Waals surface area contributed by atoms with E-state index in [0.29, 0.717) is 5.56 Å². The summed E-state index contributed by atoms with van der Waals surface area (Å²) in [6, 6.07) is 2.60. The molecule has 1 unspecified atom stereocenters. The van der Waals surface area contributed by atoms with Gasteiger partial charge in [0, 0.05) is 31.9 Å². The van der Waals surface area contributed by atoms with Crippen molar-refractivity contribution in [3.63, 3.8) is 0 Å². The van der Waals surface area contributed by atoms with E-state index in [-0.39, 0.29) is 31.4 Å². The second-order valence-corrected chi connectivity index (χ2v) is 5.31. The standard InChI is InChI=1S/C16H19F2N5O2.ClH/c1-19-14(10-8-22-23(2)9-10)16(25)21-7-6-20-15(24)13-11(17)4-3-5-12(13)18;/h3-5,8-9,14,19H,6-7H2,1-2H3,(H,20,24)(H,21,25);1H. The maximum Gasteiger partial charge on any atom is 0.257 e. The van der Waals surface area contributed by atoms with Crippen molar-refractivity contribution in [2.75, 3.05) is 20.1 Å². The average Bonchev–Trinajstić information content (AvgIpc) is 2.98. The molecule has 1 atom stereocenters. The van der Waals surface area contributed by atoms with E-state index in [1.807, 2.05) is 0 Å². The fourth-order valence-electron chi connectivity index (χ4n) is 2.31. The molecule has 0 bridgehead atoms. The van der Waals surface area contributed by atoms with Crippen LogP contribution in [0.1, 0.15) is 22.0 Å². The zero-order chi connectivity index (χ0) is 18.4. The molecule has 2 amide bonds. The fourth-order valence-corrected chi connectivity index (χ4v) is 2.31. The SMILES string of the molecule is CNC(C(=O)NCCNC(=O)c1c(F)cccc1F)c1cnn(C)c1.Cl. The zero-order valence-electron chi connectivity index (χ0n) is 14.3. The first-order valence-electron chi connectivity index (χ1n) is 7.59. The monoisotopic (exact) mass is 387 g/mol. The maximum atomic E-state index is 13.5. The molecule has 2 rings (SSSR count). The molecule has 1 heterocycles. The Hall–Kier alpha value is -2.52. The molecule has 7 nitrogen and oxygen atoms in total. The number of halogens is 3. The number of aromatic nitrogens is 2. The predicted octanol–water partition coefficient (Wildman–Crippen LogP) is 0.927. The van der Waals surface area contributed by atoms with Crippen LogP contribution in [-0.2, 0) is 11.8 Å². The topological polar surface area (TPSA) is 88.1 Å². The van der Waals surface area contributed by atoms with E-state index >= 15 is 0 Å². The van der Waals surface area contributed by atoms with E-state index < -0.39 is 29.1 Å². The lowest BCUT2D eigenvalue weighted by Crippen LogP contribution is -2.40. The minimum atomic E-state index is -0.937. The second-order valence-electron chi connectivity index (χ2n) is 5.31. The molecule has 1 aromatic heterocycles. The first-order chi connectivity index (χ1) is 11.9. The molecule has 10 heteroatoms. The lowest BCUT2D eigenvalue weighted by molar-refractivity contribution is -0.123. The Bertz CT molecular complexity index is 749. The average molecular weight is 388 g/mol. The lowest BCUT2D eigenvalue weighted by atomic mass is 10.1. The normalized spacial score (nSPS) is 11.4. The quantitative estimate of drug-likeness (QED) is 0.617. The number of carbonyl (C=O) groups is 2. The summed E-state index contributed by atoms with van der Waals surface area (Å²) in [7, 11) is 3.38. The third-order valence-electron chi connectivity index (χ3n) is 3.51. The maximum absolute atomic E-state index is 13.5. The van der Waals surface area contributed by atoms with Crippen LogP contribution in [0.2, 0.25) is 0 Å². The molecule has 0 aliphatic carbocycles. The highest BCUT2D eigenvalue weighted by atomic mass is 35.5. The minimum absolute atomic E-state index is 0. The van der Waals surface area contributed by atoms with Crippen LogP contribution in [0.3, 0.4) is 0 Å². The molecule has 0 saturated heterocycles. The summed E-state index contributed by atoms with van der Waals surface area (Å²) in [5.74, 6) is -3.05. The summed E-state index contributed by atoms with van der Waals surface area (Å²) in [5.41, 5.74) is 0.0530. The van der Waals surface area contributed by atoms with Gasteiger partial charge in [-0.25, -0.2) is 8.78 Å². The van der Waals surface area contributed by atoms with Gasteiger partial charge in [-0.2, -0.15) is 5.10 Å². The zero-order valence-corrected chi connectivity index (χ0v) is 15.1. The molecule has 0 aliphatic rings. The summed E-state index contributed by atoms with van der Waals surface area (Å²) in [6.45, 7) is 0.140. The van der Waals surface area contributed by atoms with E-state index in [1.165, 1.54) is 6.07 Å². The molecule has 0 radical (unpaired) electrons. The van der Waals surface area contributed by atoms with Crippen molar-refractivity contribution in [3.8, 4) is 0 Å². The highest BCUT2D eigenvalue weighted by Crippen LogP contribution is 2.12. The smallest absolute Gasteiger partial charge is 0.257 e. The van der Waals surface area contributed by atoms with Gasteiger partial charge in [0.05, 0.1) is 6.20 Å². The first kappa shape index (κ1) is 21.5. The molecule has 3 N–H and O–H groups in total. The number of nitrogens with one attached hydrogen (secondary N) is 3. The summed E-state index contributed by atoms with van der Waals surface area (Å²) >= 11 is 0. The predicted molar refractivity (Wildman–Crippen MR) is 94.0 cm³/mol. The Morgan fingerprint density at radius 2 is 1.81 bits per heavy atom. The minimum Gasteiger partial charge on any atom is -0.353 e. The van der Waals surface area contributed by atoms with E-state index in [0.717, 1.165) is 12.1 Å². The van der Waals surface area contributed by atoms with Crippen LogP contribution in [0.25, 0.3) is 0 Å². The number of carbonyl (C=O) groups excluding carboxylic acids is 2. The number of aryl methyl sites for hydroxylation is 1. The molecule has 0 spiro atoms. The molecule has 1 aromatic carbocycles. The molecule has 0 fully saturated rings. The third-order valence-corrected chi connectivity index (χ3v) is 3.51. The van der Waals surface area contributed by atoms with Gasteiger partial charge in [-0.15, -0.1) is 12.4 Å². The van der Waals surface area contributed by atoms with Gasteiger partial charge < -0.3 is 16.0 Å². The number of benzene rings is 1. The van der Waals surface area contributed by atoms with Gasteiger partial charge in [0.2, 0.25) is 5.91 Å². The van der Waals surface area contributed by atoms with E-state index in [1.54, 1.807) is 31.2 Å². The van der Waals surface area contributed by atoms with Gasteiger partial charge in [-0.3, -0.25) is 14.3 Å². The van der Waals surface area contributed by atoms with Gasteiger partial charge in [-0.1, -0.05) is 6.07 Å². The van der Waals surface area contributed by atoms with Gasteiger partial charge in [0.15, 0.2) is 0 Å².